The topological polar surface area (TPSA) is 12.9 Å². The molecule has 0 amide bonds. The van der Waals surface area contributed by atoms with Gasteiger partial charge in [0.2, 0.25) is 0 Å². The van der Waals surface area contributed by atoms with Gasteiger partial charge in [0, 0.05) is 11.8 Å². The second-order valence-corrected chi connectivity index (χ2v) is 6.79. The zero-order valence-electron chi connectivity index (χ0n) is 13.6. The Labute approximate surface area is 146 Å². The van der Waals surface area contributed by atoms with Crippen molar-refractivity contribution in [2.24, 2.45) is 0 Å². The Bertz CT molecular complexity index is 968. The third kappa shape index (κ3) is 1.39. The molecule has 25 heavy (non-hydrogen) atoms. The minimum absolute atomic E-state index is 0.243. The van der Waals surface area contributed by atoms with Crippen molar-refractivity contribution in [1.82, 2.24) is 4.98 Å². The molecule has 116 valence electrons. The summed E-state index contributed by atoms with van der Waals surface area (Å²) < 4.78 is 0. The molecule has 4 aromatic rings. The van der Waals surface area contributed by atoms with Gasteiger partial charge in [0.05, 0.1) is 11.1 Å². The second-order valence-electron chi connectivity index (χ2n) is 6.79. The lowest BCUT2D eigenvalue weighted by Crippen LogP contribution is -2.25. The molecular weight excluding hydrogens is 302 g/mol. The van der Waals surface area contributed by atoms with Crippen LogP contribution in [0.1, 0.15) is 22.3 Å². The number of hydrogen-bond donors (Lipinski definition) is 0. The molecule has 0 atom stereocenters. The van der Waals surface area contributed by atoms with Crippen LogP contribution in [-0.2, 0) is 5.41 Å². The summed E-state index contributed by atoms with van der Waals surface area (Å²) in [5, 5.41) is 0. The molecule has 0 unspecified atom stereocenters. The predicted molar refractivity (Wildman–Crippen MR) is 101 cm³/mol. The number of nitrogens with zero attached hydrogens (tertiary/aromatic N) is 1. The maximum Gasteiger partial charge on any atom is 0.0753 e. The molecule has 0 bridgehead atoms. The Kier molecular flexibility index (Phi) is 2.34. The Morgan fingerprint density at radius 3 is 1.60 bits per heavy atom. The molecule has 2 aliphatic carbocycles. The average Bonchev–Trinajstić information content (AvgIpc) is 3.16. The van der Waals surface area contributed by atoms with E-state index >= 15 is 0 Å². The third-order valence-electron chi connectivity index (χ3n) is 5.75. The normalized spacial score (nSPS) is 14.7. The van der Waals surface area contributed by atoms with E-state index in [0.717, 1.165) is 5.69 Å². The van der Waals surface area contributed by atoms with Crippen LogP contribution < -0.4 is 0 Å². The van der Waals surface area contributed by atoms with Crippen molar-refractivity contribution >= 4 is 0 Å². The lowest BCUT2D eigenvalue weighted by molar-refractivity contribution is 0.791. The van der Waals surface area contributed by atoms with E-state index in [9.17, 15) is 0 Å². The van der Waals surface area contributed by atoms with E-state index in [-0.39, 0.29) is 5.41 Å². The van der Waals surface area contributed by atoms with Crippen molar-refractivity contribution in [2.45, 2.75) is 5.41 Å². The summed E-state index contributed by atoms with van der Waals surface area (Å²) in [5.74, 6) is 0. The number of rotatable bonds is 0. The molecule has 1 spiro atoms. The van der Waals surface area contributed by atoms with E-state index in [1.165, 1.54) is 38.9 Å². The van der Waals surface area contributed by atoms with Gasteiger partial charge >= 0.3 is 0 Å². The first kappa shape index (κ1) is 13.1. The fraction of sp³-hybridized carbons (Fsp3) is 0.0417. The summed E-state index contributed by atoms with van der Waals surface area (Å²) in [5.41, 5.74) is 10.2. The summed E-state index contributed by atoms with van der Waals surface area (Å²) in [4.78, 5) is 4.77. The summed E-state index contributed by atoms with van der Waals surface area (Å²) >= 11 is 0. The fourth-order valence-electron chi connectivity index (χ4n) is 4.90. The molecule has 1 heteroatoms. The number of fused-ring (bicyclic) bond motifs is 10. The van der Waals surface area contributed by atoms with Gasteiger partial charge in [-0.1, -0.05) is 78.9 Å². The molecule has 3 aromatic carbocycles. The van der Waals surface area contributed by atoms with Gasteiger partial charge in [-0.05, 0) is 39.4 Å². The summed E-state index contributed by atoms with van der Waals surface area (Å²) in [6, 6.07) is 30.7. The highest BCUT2D eigenvalue weighted by molar-refractivity contribution is 5.93. The molecule has 1 aromatic heterocycles. The zero-order valence-corrected chi connectivity index (χ0v) is 13.6. The van der Waals surface area contributed by atoms with Crippen molar-refractivity contribution in [1.29, 1.82) is 0 Å². The minimum Gasteiger partial charge on any atom is -0.256 e. The van der Waals surface area contributed by atoms with E-state index in [0.29, 0.717) is 0 Å². The number of pyridine rings is 1. The summed E-state index contributed by atoms with van der Waals surface area (Å²) in [7, 11) is 0. The molecule has 0 aliphatic heterocycles. The highest BCUT2D eigenvalue weighted by Gasteiger charge is 2.51. The maximum absolute atomic E-state index is 4.77. The molecule has 0 radical (unpaired) electrons. The standard InChI is InChI=1S/C24H15N/c1-4-11-19-16(8-1)17-9-2-5-12-20(17)24(19)21-13-6-3-10-18(21)23-22(24)14-7-15-25-23/h1-15H. The fourth-order valence-corrected chi connectivity index (χ4v) is 4.90. The number of aromatic nitrogens is 1. The number of benzene rings is 3. The lowest BCUT2D eigenvalue weighted by Gasteiger charge is -2.29. The molecule has 2 aliphatic rings. The molecule has 1 nitrogen and oxygen atoms in total. The average molecular weight is 317 g/mol. The molecule has 0 saturated heterocycles. The van der Waals surface area contributed by atoms with E-state index in [1.807, 2.05) is 6.20 Å². The summed E-state index contributed by atoms with van der Waals surface area (Å²) in [6.45, 7) is 0. The Morgan fingerprint density at radius 1 is 0.480 bits per heavy atom. The molecule has 0 fully saturated rings. The smallest absolute Gasteiger partial charge is 0.0753 e. The molecule has 0 saturated carbocycles. The van der Waals surface area contributed by atoms with Gasteiger partial charge in [0.25, 0.3) is 0 Å². The zero-order chi connectivity index (χ0) is 16.4. The lowest BCUT2D eigenvalue weighted by atomic mass is 9.71. The quantitative estimate of drug-likeness (QED) is 0.364. The van der Waals surface area contributed by atoms with E-state index in [4.69, 9.17) is 4.98 Å². The maximum atomic E-state index is 4.77. The van der Waals surface area contributed by atoms with Gasteiger partial charge in [0.15, 0.2) is 0 Å². The van der Waals surface area contributed by atoms with Gasteiger partial charge in [-0.15, -0.1) is 0 Å². The van der Waals surface area contributed by atoms with Crippen LogP contribution in [0.2, 0.25) is 0 Å². The summed E-state index contributed by atoms with van der Waals surface area (Å²) in [6.07, 6.45) is 1.90. The van der Waals surface area contributed by atoms with E-state index < -0.39 is 0 Å². The van der Waals surface area contributed by atoms with Crippen LogP contribution in [0, 0.1) is 0 Å². The van der Waals surface area contributed by atoms with Gasteiger partial charge in [-0.3, -0.25) is 4.98 Å². The molecule has 6 rings (SSSR count). The Hall–Kier alpha value is -3.19. The van der Waals surface area contributed by atoms with Crippen molar-refractivity contribution in [3.05, 3.63) is 113 Å². The Morgan fingerprint density at radius 2 is 0.960 bits per heavy atom. The third-order valence-corrected chi connectivity index (χ3v) is 5.75. The second kappa shape index (κ2) is 4.46. The Balaban J connectivity index is 1.89. The van der Waals surface area contributed by atoms with Gasteiger partial charge in [0.1, 0.15) is 0 Å². The first-order valence-electron chi connectivity index (χ1n) is 8.67. The van der Waals surface area contributed by atoms with Crippen LogP contribution in [0.15, 0.2) is 91.1 Å². The highest BCUT2D eigenvalue weighted by Crippen LogP contribution is 2.61. The molecular formula is C24H15N. The largest absolute Gasteiger partial charge is 0.256 e. The van der Waals surface area contributed by atoms with E-state index in [2.05, 4.69) is 84.9 Å². The van der Waals surface area contributed by atoms with Crippen LogP contribution >= 0.6 is 0 Å². The van der Waals surface area contributed by atoms with Gasteiger partial charge in [-0.2, -0.15) is 0 Å². The first-order chi connectivity index (χ1) is 12.4. The van der Waals surface area contributed by atoms with Crippen LogP contribution in [0.25, 0.3) is 22.4 Å². The van der Waals surface area contributed by atoms with Crippen molar-refractivity contribution in [2.75, 3.05) is 0 Å². The van der Waals surface area contributed by atoms with Crippen molar-refractivity contribution in [3.8, 4) is 22.4 Å². The van der Waals surface area contributed by atoms with Gasteiger partial charge < -0.3 is 0 Å². The van der Waals surface area contributed by atoms with Crippen LogP contribution in [0.4, 0.5) is 0 Å². The van der Waals surface area contributed by atoms with Crippen molar-refractivity contribution < 1.29 is 0 Å². The van der Waals surface area contributed by atoms with Crippen LogP contribution in [0.5, 0.6) is 0 Å². The highest BCUT2D eigenvalue weighted by atomic mass is 14.7. The van der Waals surface area contributed by atoms with E-state index in [1.54, 1.807) is 0 Å². The number of hydrogen-bond acceptors (Lipinski definition) is 1. The van der Waals surface area contributed by atoms with Gasteiger partial charge in [-0.25, -0.2) is 0 Å². The molecule has 0 N–H and O–H groups in total. The first-order valence-corrected chi connectivity index (χ1v) is 8.67. The van der Waals surface area contributed by atoms with Crippen molar-refractivity contribution in [3.63, 3.8) is 0 Å². The minimum atomic E-state index is -0.243. The van der Waals surface area contributed by atoms with Crippen LogP contribution in [-0.4, -0.2) is 4.98 Å². The monoisotopic (exact) mass is 317 g/mol. The predicted octanol–water partition coefficient (Wildman–Crippen LogP) is 5.43. The SMILES string of the molecule is c1ccc2c(c1)-c1ccccc1C21c2ccccc2-c2ncccc21. The molecule has 1 heterocycles. The van der Waals surface area contributed by atoms with Crippen LogP contribution in [0.3, 0.4) is 0 Å².